The highest BCUT2D eigenvalue weighted by molar-refractivity contribution is 5.87. The Hall–Kier alpha value is -2.54. The van der Waals surface area contributed by atoms with Crippen LogP contribution in [0.1, 0.15) is 30.8 Å². The summed E-state index contributed by atoms with van der Waals surface area (Å²) in [6.45, 7) is 3.78. The molecule has 11 heteroatoms. The van der Waals surface area contributed by atoms with Crippen LogP contribution in [0.2, 0.25) is 0 Å². The van der Waals surface area contributed by atoms with E-state index < -0.39 is 77.8 Å². The van der Waals surface area contributed by atoms with Gasteiger partial charge in [-0.25, -0.2) is 9.59 Å². The van der Waals surface area contributed by atoms with Gasteiger partial charge in [0.15, 0.2) is 6.10 Å². The second kappa shape index (κ2) is 11.4. The number of hydrogen-bond donors (Lipinski definition) is 4. The number of carbonyl (C=O) groups excluding carboxylic acids is 2. The smallest absolute Gasteiger partial charge is 0.355 e. The average molecular weight is 562 g/mol. The molecule has 12 atom stereocenters. The van der Waals surface area contributed by atoms with Gasteiger partial charge in [-0.3, -0.25) is 0 Å². The molecule has 1 spiro atoms. The summed E-state index contributed by atoms with van der Waals surface area (Å²) in [5, 5.41) is 33.5. The minimum Gasteiger partial charge on any atom is -0.457 e. The van der Waals surface area contributed by atoms with Crippen molar-refractivity contribution in [2.45, 2.75) is 62.5 Å². The van der Waals surface area contributed by atoms with Crippen molar-refractivity contribution in [3.05, 3.63) is 47.8 Å². The molecule has 40 heavy (non-hydrogen) atoms. The van der Waals surface area contributed by atoms with Crippen LogP contribution in [-0.2, 0) is 28.5 Å². The number of aliphatic hydroxyl groups excluding tert-OH is 3. The summed E-state index contributed by atoms with van der Waals surface area (Å²) in [4.78, 5) is 28.8. The normalized spacial score (nSPS) is 42.8. The summed E-state index contributed by atoms with van der Waals surface area (Å²) in [7, 11) is 2.97. The highest BCUT2D eigenvalue weighted by Gasteiger charge is 2.69. The summed E-state index contributed by atoms with van der Waals surface area (Å²) in [5.41, 5.74) is -0.0448. The highest BCUT2D eigenvalue weighted by atomic mass is 16.6. The minimum atomic E-state index is -1.49. The monoisotopic (exact) mass is 561 g/mol. The first-order valence-corrected chi connectivity index (χ1v) is 13.8. The fraction of sp³-hybridized carbons (Fsp3) is 0.655. The van der Waals surface area contributed by atoms with E-state index in [4.69, 9.17) is 23.7 Å². The van der Waals surface area contributed by atoms with Crippen molar-refractivity contribution in [2.75, 3.05) is 27.4 Å². The summed E-state index contributed by atoms with van der Waals surface area (Å²) >= 11 is 0. The van der Waals surface area contributed by atoms with Crippen LogP contribution < -0.4 is 0 Å². The zero-order valence-electron chi connectivity index (χ0n) is 23.1. The zero-order valence-corrected chi connectivity index (χ0v) is 23.1. The molecule has 1 saturated heterocycles. The van der Waals surface area contributed by atoms with Gasteiger partial charge >= 0.3 is 11.9 Å². The van der Waals surface area contributed by atoms with Crippen LogP contribution in [0.5, 0.6) is 0 Å². The van der Waals surface area contributed by atoms with E-state index >= 15 is 0 Å². The van der Waals surface area contributed by atoms with E-state index in [1.54, 1.807) is 18.3 Å². The van der Waals surface area contributed by atoms with Gasteiger partial charge < -0.3 is 44.0 Å². The van der Waals surface area contributed by atoms with Crippen molar-refractivity contribution >= 4 is 11.9 Å². The number of hydrogen-bond acceptors (Lipinski definition) is 10. The molecule has 0 unspecified atom stereocenters. The number of nitrogens with one attached hydrogen (secondary N) is 1. The molecule has 4 aliphatic rings. The van der Waals surface area contributed by atoms with Crippen molar-refractivity contribution in [1.82, 2.24) is 4.98 Å². The van der Waals surface area contributed by atoms with Crippen molar-refractivity contribution in [1.29, 1.82) is 0 Å². The van der Waals surface area contributed by atoms with Crippen LogP contribution in [0.4, 0.5) is 0 Å². The molecule has 5 rings (SSSR count). The number of methoxy groups -OCH3 is 2. The van der Waals surface area contributed by atoms with Gasteiger partial charge in [0.05, 0.1) is 19.3 Å². The fourth-order valence-electron chi connectivity index (χ4n) is 7.37. The lowest BCUT2D eigenvalue weighted by Gasteiger charge is -2.49. The Balaban J connectivity index is 1.57. The SMILES string of the molecule is COC[C@@H]1[C@@H](O)[C@@H]2[C@H]3C=C[C@@H]4C[C@H](O)C(=O)O[C@H]([C@H](O)COC)[C@H](C)/C=C(\C)[C@@]24O[C@H]3[C@@H]1OC(=O)c1ccc[nH]1. The third-order valence-electron chi connectivity index (χ3n) is 9.07. The molecule has 220 valence electrons. The third kappa shape index (κ3) is 4.72. The molecule has 0 radical (unpaired) electrons. The van der Waals surface area contributed by atoms with Crippen LogP contribution in [0, 0.1) is 29.6 Å². The summed E-state index contributed by atoms with van der Waals surface area (Å²) in [6.07, 6.45) is 1.38. The van der Waals surface area contributed by atoms with Crippen molar-refractivity contribution < 1.29 is 48.6 Å². The maximum Gasteiger partial charge on any atom is 0.355 e. The lowest BCUT2D eigenvalue weighted by atomic mass is 9.57. The molecule has 11 nitrogen and oxygen atoms in total. The summed E-state index contributed by atoms with van der Waals surface area (Å²) < 4.78 is 29.0. The average Bonchev–Trinajstić information content (AvgIpc) is 3.52. The lowest BCUT2D eigenvalue weighted by Crippen LogP contribution is -2.58. The van der Waals surface area contributed by atoms with Gasteiger partial charge in [0.25, 0.3) is 0 Å². The van der Waals surface area contributed by atoms with Gasteiger partial charge in [-0.2, -0.15) is 0 Å². The van der Waals surface area contributed by atoms with Crippen molar-refractivity contribution in [3.63, 3.8) is 0 Å². The Labute approximate surface area is 233 Å². The predicted octanol–water partition coefficient (Wildman–Crippen LogP) is 0.999. The molecule has 4 N–H and O–H groups in total. The molecule has 1 saturated carbocycles. The summed E-state index contributed by atoms with van der Waals surface area (Å²) in [5.74, 6) is -3.69. The Bertz CT molecular complexity index is 1130. The second-order valence-corrected chi connectivity index (χ2v) is 11.4. The molecule has 0 amide bonds. The van der Waals surface area contributed by atoms with E-state index in [9.17, 15) is 24.9 Å². The number of carbonyl (C=O) groups is 2. The predicted molar refractivity (Wildman–Crippen MR) is 140 cm³/mol. The Morgan fingerprint density at radius 2 is 2.02 bits per heavy atom. The standard InChI is InChI=1S/C29H39NO10/c1-14-10-15(2)29-16(11-20(31)28(35)38-24(14)21(32)13-37-4)7-8-17-22(29)23(33)18(12-36-3)25(26(17)40-29)39-27(34)19-6-5-9-30-19/h5-10,14,16-18,20-26,30-33H,11-13H2,1-4H3/b15-10+/t14-,16-,17-,18-,20+,21-,22+,23-,24+,25-,26-,29+/m1/s1. The molecule has 2 fully saturated rings. The fourth-order valence-corrected chi connectivity index (χ4v) is 7.37. The molecule has 2 aliphatic heterocycles. The molecular formula is C29H39NO10. The number of esters is 2. The van der Waals surface area contributed by atoms with Crippen molar-refractivity contribution in [2.24, 2.45) is 29.6 Å². The van der Waals surface area contributed by atoms with Crippen molar-refractivity contribution in [3.8, 4) is 0 Å². The second-order valence-electron chi connectivity index (χ2n) is 11.4. The maximum absolute atomic E-state index is 13.0. The lowest BCUT2D eigenvalue weighted by molar-refractivity contribution is -0.172. The van der Waals surface area contributed by atoms with Gasteiger partial charge in [0.1, 0.15) is 35.7 Å². The largest absolute Gasteiger partial charge is 0.457 e. The van der Waals surface area contributed by atoms with Crippen LogP contribution >= 0.6 is 0 Å². The molecular weight excluding hydrogens is 522 g/mol. The van der Waals surface area contributed by atoms with E-state index in [1.165, 1.54) is 14.2 Å². The third-order valence-corrected chi connectivity index (χ3v) is 9.07. The van der Waals surface area contributed by atoms with Gasteiger partial charge in [0.2, 0.25) is 0 Å². The van der Waals surface area contributed by atoms with Gasteiger partial charge in [-0.1, -0.05) is 25.2 Å². The number of aromatic nitrogens is 1. The number of aliphatic hydroxyl groups is 3. The topological polar surface area (TPSA) is 157 Å². The molecule has 4 bridgehead atoms. The highest BCUT2D eigenvalue weighted by Crippen LogP contribution is 2.61. The maximum atomic E-state index is 13.0. The van der Waals surface area contributed by atoms with Gasteiger partial charge in [-0.05, 0) is 31.1 Å². The summed E-state index contributed by atoms with van der Waals surface area (Å²) in [6, 6.07) is 3.31. The number of ether oxygens (including phenoxy) is 5. The Morgan fingerprint density at radius 3 is 2.70 bits per heavy atom. The molecule has 3 heterocycles. The number of H-pyrrole nitrogens is 1. The first-order chi connectivity index (χ1) is 19.1. The zero-order chi connectivity index (χ0) is 28.8. The quantitative estimate of drug-likeness (QED) is 0.280. The molecule has 0 aromatic carbocycles. The molecule has 2 aliphatic carbocycles. The van der Waals surface area contributed by atoms with Crippen LogP contribution in [0.25, 0.3) is 0 Å². The van der Waals surface area contributed by atoms with Crippen LogP contribution in [-0.4, -0.2) is 102 Å². The molecule has 1 aromatic heterocycles. The number of cyclic esters (lactones) is 1. The Morgan fingerprint density at radius 1 is 1.25 bits per heavy atom. The minimum absolute atomic E-state index is 0.0213. The van der Waals surface area contributed by atoms with Gasteiger partial charge in [0, 0.05) is 50.0 Å². The van der Waals surface area contributed by atoms with E-state index in [-0.39, 0.29) is 31.2 Å². The van der Waals surface area contributed by atoms with Crippen LogP contribution in [0.3, 0.4) is 0 Å². The van der Waals surface area contributed by atoms with Crippen LogP contribution in [0.15, 0.2) is 42.1 Å². The molecule has 1 aromatic rings. The van der Waals surface area contributed by atoms with E-state index in [0.717, 1.165) is 5.57 Å². The van der Waals surface area contributed by atoms with Gasteiger partial charge in [-0.15, -0.1) is 0 Å². The van der Waals surface area contributed by atoms with E-state index in [2.05, 4.69) is 4.98 Å². The first kappa shape index (κ1) is 29.0. The Kier molecular flexibility index (Phi) is 8.24. The number of aromatic amines is 1. The number of rotatable bonds is 7. The first-order valence-electron chi connectivity index (χ1n) is 13.8. The van der Waals surface area contributed by atoms with E-state index in [1.807, 2.05) is 32.1 Å². The van der Waals surface area contributed by atoms with E-state index in [0.29, 0.717) is 0 Å².